The number of rotatable bonds is 1. The topological polar surface area (TPSA) is 46.5 Å². The molecule has 3 nitrogen and oxygen atoms in total. The van der Waals surface area contributed by atoms with Gasteiger partial charge in [-0.25, -0.2) is 0 Å². The van der Waals surface area contributed by atoms with Crippen LogP contribution in [0.25, 0.3) is 0 Å². The lowest BCUT2D eigenvalue weighted by atomic mass is 9.45. The highest BCUT2D eigenvalue weighted by molar-refractivity contribution is 5.78. The van der Waals surface area contributed by atoms with Crippen molar-refractivity contribution < 1.29 is 14.6 Å². The highest BCUT2D eigenvalue weighted by atomic mass is 16.5. The summed E-state index contributed by atoms with van der Waals surface area (Å²) >= 11 is 0. The zero-order valence-corrected chi connectivity index (χ0v) is 15.9. The molecule has 0 aromatic rings. The average molecular weight is 342 g/mol. The van der Waals surface area contributed by atoms with Gasteiger partial charge < -0.3 is 9.84 Å². The quantitative estimate of drug-likeness (QED) is 0.663. The third-order valence-electron chi connectivity index (χ3n) is 7.77. The number of aliphatic hydroxyl groups is 1. The molecule has 136 valence electrons. The number of hydrogen-bond donors (Lipinski definition) is 1. The Balaban J connectivity index is 1.87. The van der Waals surface area contributed by atoms with Gasteiger partial charge in [0.15, 0.2) is 0 Å². The Labute approximate surface area is 150 Å². The lowest BCUT2D eigenvalue weighted by molar-refractivity contribution is -0.184. The largest absolute Gasteiger partial charge is 0.512 e. The molecule has 1 spiro atoms. The smallest absolute Gasteiger partial charge is 0.150 e. The predicted molar refractivity (Wildman–Crippen MR) is 97.9 cm³/mol. The Bertz CT molecular complexity index is 711. The fraction of sp³-hybridized carbons (Fsp3) is 0.682. The van der Waals surface area contributed by atoms with Gasteiger partial charge in [0.05, 0.1) is 5.76 Å². The summed E-state index contributed by atoms with van der Waals surface area (Å²) in [4.78, 5) is 11.6. The molecule has 0 bridgehead atoms. The Morgan fingerprint density at radius 1 is 1.24 bits per heavy atom. The fourth-order valence-electron chi connectivity index (χ4n) is 6.53. The first-order valence-corrected chi connectivity index (χ1v) is 9.74. The van der Waals surface area contributed by atoms with Crippen LogP contribution in [0.15, 0.2) is 34.8 Å². The molecule has 1 aliphatic heterocycles. The molecule has 4 aliphatic rings. The van der Waals surface area contributed by atoms with Crippen molar-refractivity contribution in [1.29, 1.82) is 0 Å². The molecular formula is C22H30O3. The number of aliphatic hydroxyl groups excluding tert-OH is 1. The molecular weight excluding hydrogens is 312 g/mol. The minimum absolute atomic E-state index is 0.0568. The van der Waals surface area contributed by atoms with E-state index >= 15 is 0 Å². The van der Waals surface area contributed by atoms with Crippen molar-refractivity contribution in [2.24, 2.45) is 22.7 Å². The second-order valence-corrected chi connectivity index (χ2v) is 9.57. The molecule has 1 N–H and O–H groups in total. The third-order valence-corrected chi connectivity index (χ3v) is 7.77. The van der Waals surface area contributed by atoms with Crippen LogP contribution in [0.5, 0.6) is 0 Å². The number of carbonyl (C=O) groups is 1. The van der Waals surface area contributed by atoms with Crippen molar-refractivity contribution in [1.82, 2.24) is 0 Å². The van der Waals surface area contributed by atoms with Crippen LogP contribution in [0.3, 0.4) is 0 Å². The molecule has 25 heavy (non-hydrogen) atoms. The van der Waals surface area contributed by atoms with E-state index in [-0.39, 0.29) is 23.2 Å². The van der Waals surface area contributed by atoms with E-state index < -0.39 is 0 Å². The molecule has 0 aromatic heterocycles. The molecule has 0 aromatic carbocycles. The summed E-state index contributed by atoms with van der Waals surface area (Å²) in [5.41, 5.74) is 1.49. The van der Waals surface area contributed by atoms with Crippen LogP contribution < -0.4 is 0 Å². The van der Waals surface area contributed by atoms with E-state index in [0.29, 0.717) is 28.6 Å². The first-order valence-electron chi connectivity index (χ1n) is 9.74. The van der Waals surface area contributed by atoms with Crippen molar-refractivity contribution in [3.63, 3.8) is 0 Å². The maximum Gasteiger partial charge on any atom is 0.150 e. The Morgan fingerprint density at radius 2 is 2.00 bits per heavy atom. The lowest BCUT2D eigenvalue weighted by Gasteiger charge is -2.62. The molecule has 4 rings (SSSR count). The van der Waals surface area contributed by atoms with Gasteiger partial charge in [0, 0.05) is 28.9 Å². The molecule has 4 atom stereocenters. The predicted octanol–water partition coefficient (Wildman–Crippen LogP) is 5.24. The number of ether oxygens (including phenoxy) is 1. The molecule has 3 aliphatic carbocycles. The zero-order valence-electron chi connectivity index (χ0n) is 15.9. The van der Waals surface area contributed by atoms with E-state index in [1.165, 1.54) is 19.3 Å². The van der Waals surface area contributed by atoms with E-state index in [1.54, 1.807) is 6.08 Å². The van der Waals surface area contributed by atoms with Crippen LogP contribution in [0.4, 0.5) is 0 Å². The van der Waals surface area contributed by atoms with E-state index in [0.717, 1.165) is 24.7 Å². The van der Waals surface area contributed by atoms with E-state index in [2.05, 4.69) is 33.8 Å². The van der Waals surface area contributed by atoms with Crippen molar-refractivity contribution in [2.45, 2.75) is 71.8 Å². The maximum atomic E-state index is 11.6. The number of hydrogen-bond acceptors (Lipinski definition) is 3. The van der Waals surface area contributed by atoms with Crippen LogP contribution >= 0.6 is 0 Å². The van der Waals surface area contributed by atoms with Crippen LogP contribution in [0.2, 0.25) is 0 Å². The van der Waals surface area contributed by atoms with Gasteiger partial charge in [0.1, 0.15) is 17.6 Å². The minimum atomic E-state index is -0.367. The summed E-state index contributed by atoms with van der Waals surface area (Å²) in [7, 11) is 0. The number of allylic oxidation sites excluding steroid dienone is 2. The van der Waals surface area contributed by atoms with Crippen molar-refractivity contribution in [3.8, 4) is 0 Å². The summed E-state index contributed by atoms with van der Waals surface area (Å²) < 4.78 is 6.72. The van der Waals surface area contributed by atoms with Gasteiger partial charge in [-0.2, -0.15) is 0 Å². The van der Waals surface area contributed by atoms with Crippen molar-refractivity contribution >= 4 is 6.29 Å². The molecule has 1 unspecified atom stereocenters. The Hall–Kier alpha value is -1.51. The van der Waals surface area contributed by atoms with Crippen LogP contribution in [-0.4, -0.2) is 17.0 Å². The molecule has 0 radical (unpaired) electrons. The summed E-state index contributed by atoms with van der Waals surface area (Å²) in [6, 6.07) is 0. The minimum Gasteiger partial charge on any atom is -0.512 e. The van der Waals surface area contributed by atoms with Gasteiger partial charge in [-0.15, -0.1) is 0 Å². The van der Waals surface area contributed by atoms with Crippen LogP contribution in [-0.2, 0) is 9.53 Å². The SMILES string of the molecule is C[C@H]1CC[C@H]2C(C)(C)CCCC2(C)[C@]12C=C1C=C(O)CC(C=O)=C1O2. The second-order valence-electron chi connectivity index (χ2n) is 9.57. The van der Waals surface area contributed by atoms with E-state index in [9.17, 15) is 9.90 Å². The van der Waals surface area contributed by atoms with Crippen molar-refractivity contribution in [2.75, 3.05) is 0 Å². The molecule has 1 heterocycles. The van der Waals surface area contributed by atoms with E-state index in [1.807, 2.05) is 0 Å². The van der Waals surface area contributed by atoms with Crippen LogP contribution in [0.1, 0.15) is 66.2 Å². The number of carbonyl (C=O) groups excluding carboxylic acids is 1. The maximum absolute atomic E-state index is 11.6. The molecule has 3 heteroatoms. The Morgan fingerprint density at radius 3 is 2.72 bits per heavy atom. The first kappa shape index (κ1) is 16.9. The summed E-state index contributed by atoms with van der Waals surface area (Å²) in [5, 5.41) is 10.1. The molecule has 0 amide bonds. The van der Waals surface area contributed by atoms with Gasteiger partial charge in [0.25, 0.3) is 0 Å². The molecule has 0 saturated heterocycles. The summed E-state index contributed by atoms with van der Waals surface area (Å²) in [6.07, 6.45) is 11.2. The highest BCUT2D eigenvalue weighted by Crippen LogP contribution is 2.66. The third kappa shape index (κ3) is 2.14. The zero-order chi connectivity index (χ0) is 18.0. The molecule has 2 saturated carbocycles. The van der Waals surface area contributed by atoms with Gasteiger partial charge in [-0.1, -0.05) is 34.1 Å². The van der Waals surface area contributed by atoms with Crippen molar-refractivity contribution in [3.05, 3.63) is 34.8 Å². The van der Waals surface area contributed by atoms with Gasteiger partial charge in [-0.3, -0.25) is 4.79 Å². The average Bonchev–Trinajstić information content (AvgIpc) is 2.92. The van der Waals surface area contributed by atoms with E-state index in [4.69, 9.17) is 4.74 Å². The Kier molecular flexibility index (Phi) is 3.55. The van der Waals surface area contributed by atoms with Gasteiger partial charge in [-0.05, 0) is 49.2 Å². The number of aldehydes is 1. The first-order chi connectivity index (χ1) is 11.7. The molecule has 2 fully saturated rings. The summed E-state index contributed by atoms with van der Waals surface area (Å²) in [6.45, 7) is 9.53. The second kappa shape index (κ2) is 5.25. The monoisotopic (exact) mass is 342 g/mol. The summed E-state index contributed by atoms with van der Waals surface area (Å²) in [5.74, 6) is 1.98. The lowest BCUT2D eigenvalue weighted by Crippen LogP contribution is -2.61. The fourth-order valence-corrected chi connectivity index (χ4v) is 6.53. The number of fused-ring (bicyclic) bond motifs is 3. The standard InChI is InChI=1S/C22H30O3/c1-14-6-7-18-20(2,3)8-5-9-21(18,4)22(14)12-15-10-17(24)11-16(13-23)19(15)25-22/h10,12-14,18,24H,5-9,11H2,1-4H3/t14-,18-,21?,22-/m0/s1. The highest BCUT2D eigenvalue weighted by Gasteiger charge is 2.64. The van der Waals surface area contributed by atoms with Crippen LogP contribution in [0, 0.1) is 22.7 Å². The van der Waals surface area contributed by atoms with Gasteiger partial charge >= 0.3 is 0 Å². The van der Waals surface area contributed by atoms with Gasteiger partial charge in [0.2, 0.25) is 0 Å². The normalized spacial score (nSPS) is 42.2.